The number of carbonyl (C=O) groups is 2. The molecule has 1 heterocycles. The molecule has 1 aromatic carbocycles. The lowest BCUT2D eigenvalue weighted by Crippen LogP contribution is -2.30. The molecule has 0 aliphatic rings. The first-order valence-electron chi connectivity index (χ1n) is 7.53. The molecule has 0 saturated carbocycles. The second kappa shape index (κ2) is 8.75. The van der Waals surface area contributed by atoms with Crippen LogP contribution in [-0.4, -0.2) is 26.8 Å². The topological polar surface area (TPSA) is 104 Å². The number of hydrogen-bond acceptors (Lipinski definition) is 5. The number of carbonyl (C=O) groups excluding carboxylic acids is 2. The van der Waals surface area contributed by atoms with Crippen LogP contribution in [0.3, 0.4) is 0 Å². The summed E-state index contributed by atoms with van der Waals surface area (Å²) in [4.78, 5) is 23.8. The number of amides is 2. The molecule has 3 N–H and O–H groups in total. The first-order chi connectivity index (χ1) is 11.9. The fourth-order valence-electron chi connectivity index (χ4n) is 1.99. The molecule has 0 bridgehead atoms. The number of rotatable bonds is 8. The number of anilines is 1. The van der Waals surface area contributed by atoms with Gasteiger partial charge in [-0.3, -0.25) is 9.59 Å². The molecule has 0 unspecified atom stereocenters. The van der Waals surface area contributed by atoms with Crippen LogP contribution in [0.25, 0.3) is 0 Å². The van der Waals surface area contributed by atoms with Crippen molar-refractivity contribution in [3.8, 4) is 0 Å². The minimum absolute atomic E-state index is 0.00601. The molecule has 0 radical (unpaired) electrons. The Labute approximate surface area is 150 Å². The largest absolute Gasteiger partial charge is 0.351 e. The van der Waals surface area contributed by atoms with Crippen LogP contribution in [0.5, 0.6) is 0 Å². The first kappa shape index (κ1) is 19.1. The number of thiophene rings is 1. The van der Waals surface area contributed by atoms with Crippen molar-refractivity contribution in [2.24, 2.45) is 0 Å². The normalized spacial score (nSPS) is 11.1. The van der Waals surface area contributed by atoms with Crippen LogP contribution in [0.15, 0.2) is 46.7 Å². The zero-order valence-electron chi connectivity index (χ0n) is 13.6. The Hall–Kier alpha value is -2.23. The van der Waals surface area contributed by atoms with E-state index in [9.17, 15) is 18.0 Å². The van der Waals surface area contributed by atoms with Gasteiger partial charge < -0.3 is 10.6 Å². The second-order valence-corrected chi connectivity index (χ2v) is 8.01. The molecule has 0 fully saturated rings. The van der Waals surface area contributed by atoms with Gasteiger partial charge in [0.25, 0.3) is 0 Å². The van der Waals surface area contributed by atoms with E-state index in [1.54, 1.807) is 11.3 Å². The van der Waals surface area contributed by atoms with Crippen LogP contribution in [0.2, 0.25) is 0 Å². The molecule has 7 nitrogen and oxygen atoms in total. The zero-order chi connectivity index (χ0) is 18.3. The molecule has 9 heteroatoms. The van der Waals surface area contributed by atoms with Crippen molar-refractivity contribution < 1.29 is 18.0 Å². The maximum absolute atomic E-state index is 12.2. The number of sulfonamides is 1. The second-order valence-electron chi connectivity index (χ2n) is 5.21. The lowest BCUT2D eigenvalue weighted by molar-refractivity contribution is -0.121. The third-order valence-electron chi connectivity index (χ3n) is 3.17. The van der Waals surface area contributed by atoms with E-state index in [4.69, 9.17) is 0 Å². The van der Waals surface area contributed by atoms with E-state index in [1.807, 2.05) is 17.5 Å². The van der Waals surface area contributed by atoms with E-state index in [-0.39, 0.29) is 29.7 Å². The molecule has 0 atom stereocenters. The monoisotopic (exact) mass is 381 g/mol. The Morgan fingerprint density at radius 2 is 1.84 bits per heavy atom. The molecule has 2 aromatic rings. The van der Waals surface area contributed by atoms with Crippen molar-refractivity contribution in [2.75, 3.05) is 11.9 Å². The van der Waals surface area contributed by atoms with E-state index in [0.29, 0.717) is 12.2 Å². The van der Waals surface area contributed by atoms with Gasteiger partial charge in [0.2, 0.25) is 21.8 Å². The van der Waals surface area contributed by atoms with Gasteiger partial charge in [0.1, 0.15) is 0 Å². The standard InChI is InChI=1S/C16H19N3O4S2/c1-12(20)19-13-4-6-15(7-5-13)25(22,23)18-9-8-16(21)17-11-14-3-2-10-24-14/h2-7,10,18H,8-9,11H2,1H3,(H,17,21)(H,19,20). The summed E-state index contributed by atoms with van der Waals surface area (Å²) in [6.45, 7) is 1.82. The van der Waals surface area contributed by atoms with Gasteiger partial charge in [-0.05, 0) is 35.7 Å². The summed E-state index contributed by atoms with van der Waals surface area (Å²) in [6.07, 6.45) is 0.0502. The maximum Gasteiger partial charge on any atom is 0.240 e. The van der Waals surface area contributed by atoms with Crippen molar-refractivity contribution in [2.45, 2.75) is 24.8 Å². The van der Waals surface area contributed by atoms with Gasteiger partial charge in [0.15, 0.2) is 0 Å². The Kier molecular flexibility index (Phi) is 6.68. The summed E-state index contributed by atoms with van der Waals surface area (Å²) in [5.74, 6) is -0.459. The van der Waals surface area contributed by atoms with E-state index in [1.165, 1.54) is 31.2 Å². The van der Waals surface area contributed by atoms with E-state index >= 15 is 0 Å². The molecule has 134 valence electrons. The van der Waals surface area contributed by atoms with E-state index < -0.39 is 10.0 Å². The van der Waals surface area contributed by atoms with Crippen molar-refractivity contribution >= 4 is 38.9 Å². The quantitative estimate of drug-likeness (QED) is 0.647. The first-order valence-corrected chi connectivity index (χ1v) is 9.89. The average Bonchev–Trinajstić information content (AvgIpc) is 3.06. The molecule has 0 aliphatic carbocycles. The highest BCUT2D eigenvalue weighted by Gasteiger charge is 2.14. The summed E-state index contributed by atoms with van der Waals surface area (Å²) >= 11 is 1.54. The number of nitrogens with one attached hydrogen (secondary N) is 3. The van der Waals surface area contributed by atoms with Crippen molar-refractivity contribution in [1.82, 2.24) is 10.0 Å². The van der Waals surface area contributed by atoms with Gasteiger partial charge in [0.05, 0.1) is 11.4 Å². The fraction of sp³-hybridized carbons (Fsp3) is 0.250. The molecular formula is C16H19N3O4S2. The van der Waals surface area contributed by atoms with Crippen LogP contribution in [0.4, 0.5) is 5.69 Å². The van der Waals surface area contributed by atoms with E-state index in [0.717, 1.165) is 4.88 Å². The molecule has 0 aliphatic heterocycles. The van der Waals surface area contributed by atoms with Crippen LogP contribution >= 0.6 is 11.3 Å². The molecule has 0 spiro atoms. The fourth-order valence-corrected chi connectivity index (χ4v) is 3.67. The van der Waals surface area contributed by atoms with Gasteiger partial charge in [-0.25, -0.2) is 13.1 Å². The molecule has 2 rings (SSSR count). The molecule has 0 saturated heterocycles. The van der Waals surface area contributed by atoms with Gasteiger partial charge in [-0.15, -0.1) is 11.3 Å². The average molecular weight is 381 g/mol. The smallest absolute Gasteiger partial charge is 0.240 e. The SMILES string of the molecule is CC(=O)Nc1ccc(S(=O)(=O)NCCC(=O)NCc2cccs2)cc1. The highest BCUT2D eigenvalue weighted by molar-refractivity contribution is 7.89. The Bertz CT molecular complexity index is 816. The third kappa shape index (κ3) is 6.29. The lowest BCUT2D eigenvalue weighted by Gasteiger charge is -2.08. The number of hydrogen-bond donors (Lipinski definition) is 3. The van der Waals surface area contributed by atoms with Crippen LogP contribution < -0.4 is 15.4 Å². The minimum Gasteiger partial charge on any atom is -0.351 e. The molecule has 1 aromatic heterocycles. The maximum atomic E-state index is 12.2. The van der Waals surface area contributed by atoms with Crippen LogP contribution in [-0.2, 0) is 26.2 Å². The minimum atomic E-state index is -3.70. The predicted octanol–water partition coefficient (Wildman–Crippen LogP) is 1.69. The van der Waals surface area contributed by atoms with Gasteiger partial charge in [-0.2, -0.15) is 0 Å². The summed E-state index contributed by atoms with van der Waals surface area (Å²) in [7, 11) is -3.70. The lowest BCUT2D eigenvalue weighted by atomic mass is 10.3. The van der Waals surface area contributed by atoms with Crippen LogP contribution in [0.1, 0.15) is 18.2 Å². The number of benzene rings is 1. The molecular weight excluding hydrogens is 362 g/mol. The Morgan fingerprint density at radius 1 is 1.12 bits per heavy atom. The Morgan fingerprint density at radius 3 is 2.44 bits per heavy atom. The van der Waals surface area contributed by atoms with Crippen molar-refractivity contribution in [3.63, 3.8) is 0 Å². The predicted molar refractivity (Wildman–Crippen MR) is 96.7 cm³/mol. The summed E-state index contributed by atoms with van der Waals surface area (Å²) in [6, 6.07) is 9.61. The highest BCUT2D eigenvalue weighted by atomic mass is 32.2. The third-order valence-corrected chi connectivity index (χ3v) is 5.52. The van der Waals surface area contributed by atoms with Crippen molar-refractivity contribution in [1.29, 1.82) is 0 Å². The van der Waals surface area contributed by atoms with E-state index in [2.05, 4.69) is 15.4 Å². The van der Waals surface area contributed by atoms with Gasteiger partial charge in [0, 0.05) is 30.5 Å². The Balaban J connectivity index is 1.80. The van der Waals surface area contributed by atoms with Gasteiger partial charge in [-0.1, -0.05) is 6.07 Å². The molecule has 2 amide bonds. The summed E-state index contributed by atoms with van der Waals surface area (Å²) in [5.41, 5.74) is 0.513. The highest BCUT2D eigenvalue weighted by Crippen LogP contribution is 2.14. The van der Waals surface area contributed by atoms with Crippen molar-refractivity contribution in [3.05, 3.63) is 46.7 Å². The zero-order valence-corrected chi connectivity index (χ0v) is 15.2. The summed E-state index contributed by atoms with van der Waals surface area (Å²) in [5, 5.41) is 7.22. The van der Waals surface area contributed by atoms with Gasteiger partial charge >= 0.3 is 0 Å². The van der Waals surface area contributed by atoms with Crippen LogP contribution in [0, 0.1) is 0 Å². The molecule has 25 heavy (non-hydrogen) atoms. The summed E-state index contributed by atoms with van der Waals surface area (Å²) < 4.78 is 26.7.